The Bertz CT molecular complexity index is 1020. The summed E-state index contributed by atoms with van der Waals surface area (Å²) in [4.78, 5) is 12.7. The molecule has 11 heteroatoms. The van der Waals surface area contributed by atoms with Crippen molar-refractivity contribution in [2.75, 3.05) is 5.32 Å². The van der Waals surface area contributed by atoms with Gasteiger partial charge in [0.25, 0.3) is 0 Å². The van der Waals surface area contributed by atoms with Crippen LogP contribution >= 0.6 is 47.2 Å². The van der Waals surface area contributed by atoms with Crippen LogP contribution in [0.2, 0.25) is 10.0 Å². The molecule has 1 atom stereocenters. The Labute approximate surface area is 192 Å². The molecule has 1 heterocycles. The van der Waals surface area contributed by atoms with Crippen molar-refractivity contribution in [2.45, 2.75) is 24.8 Å². The van der Waals surface area contributed by atoms with Crippen LogP contribution in [0.15, 0.2) is 47.6 Å². The van der Waals surface area contributed by atoms with Gasteiger partial charge in [-0.25, -0.2) is 14.2 Å². The Hall–Kier alpha value is -1.91. The minimum Gasteiger partial charge on any atom is -0.306 e. The molecule has 0 unspecified atom stereocenters. The van der Waals surface area contributed by atoms with Crippen molar-refractivity contribution in [1.29, 1.82) is 0 Å². The third kappa shape index (κ3) is 4.87. The molecule has 1 aliphatic rings. The maximum absolute atomic E-state index is 13.9. The van der Waals surface area contributed by atoms with E-state index in [1.165, 1.54) is 41.2 Å². The Balaban J connectivity index is 1.83. The van der Waals surface area contributed by atoms with Crippen LogP contribution in [0, 0.1) is 5.82 Å². The van der Waals surface area contributed by atoms with Crippen molar-refractivity contribution >= 4 is 69.4 Å². The maximum atomic E-state index is 13.9. The first-order chi connectivity index (χ1) is 14.1. The molecule has 158 valence electrons. The SMILES string of the molecule is CC1(C)SC(=S)N(/N=C\c2ccccc2F)[C@@H]1N(O)C(=O)Nc1ccc(Cl)c(Cl)c1. The third-order valence-corrected chi connectivity index (χ3v) is 6.50. The van der Waals surface area contributed by atoms with Crippen LogP contribution in [-0.4, -0.2) is 42.8 Å². The van der Waals surface area contributed by atoms with E-state index in [1.807, 2.05) is 13.8 Å². The minimum absolute atomic E-state index is 0.249. The molecule has 0 aromatic heterocycles. The lowest BCUT2D eigenvalue weighted by molar-refractivity contribution is -0.114. The second-order valence-electron chi connectivity index (χ2n) is 6.86. The number of halogens is 3. The smallest absolute Gasteiger partial charge is 0.306 e. The summed E-state index contributed by atoms with van der Waals surface area (Å²) in [6.45, 7) is 3.62. The van der Waals surface area contributed by atoms with E-state index in [9.17, 15) is 14.4 Å². The fourth-order valence-electron chi connectivity index (χ4n) is 2.80. The average Bonchev–Trinajstić information content (AvgIpc) is 2.91. The van der Waals surface area contributed by atoms with Gasteiger partial charge in [0.15, 0.2) is 10.5 Å². The number of hydrogen-bond donors (Lipinski definition) is 2. The monoisotopic (exact) mass is 486 g/mol. The number of nitrogens with one attached hydrogen (secondary N) is 1. The lowest BCUT2D eigenvalue weighted by Gasteiger charge is -2.34. The third-order valence-electron chi connectivity index (χ3n) is 4.23. The van der Waals surface area contributed by atoms with Crippen LogP contribution in [-0.2, 0) is 0 Å². The van der Waals surface area contributed by atoms with E-state index >= 15 is 0 Å². The predicted molar refractivity (Wildman–Crippen MR) is 123 cm³/mol. The summed E-state index contributed by atoms with van der Waals surface area (Å²) in [6, 6.07) is 9.82. The van der Waals surface area contributed by atoms with E-state index in [1.54, 1.807) is 24.3 Å². The van der Waals surface area contributed by atoms with Gasteiger partial charge in [0.2, 0.25) is 0 Å². The topological polar surface area (TPSA) is 68.2 Å². The zero-order chi connectivity index (χ0) is 22.1. The average molecular weight is 487 g/mol. The molecule has 2 N–H and O–H groups in total. The van der Waals surface area contributed by atoms with E-state index in [4.69, 9.17) is 35.4 Å². The van der Waals surface area contributed by atoms with Crippen LogP contribution in [0.1, 0.15) is 19.4 Å². The van der Waals surface area contributed by atoms with E-state index < -0.39 is 22.8 Å². The highest BCUT2D eigenvalue weighted by Crippen LogP contribution is 2.42. The van der Waals surface area contributed by atoms with Crippen LogP contribution in [0.5, 0.6) is 0 Å². The Morgan fingerprint density at radius 3 is 2.70 bits per heavy atom. The molecule has 0 aliphatic carbocycles. The highest BCUT2D eigenvalue weighted by molar-refractivity contribution is 8.24. The number of carbonyl (C=O) groups is 1. The summed E-state index contributed by atoms with van der Waals surface area (Å²) >= 11 is 18.5. The molecule has 0 bridgehead atoms. The van der Waals surface area contributed by atoms with Crippen molar-refractivity contribution in [3.8, 4) is 0 Å². The van der Waals surface area contributed by atoms with Crippen LogP contribution < -0.4 is 5.32 Å². The molecule has 0 radical (unpaired) electrons. The maximum Gasteiger partial charge on any atom is 0.347 e. The lowest BCUT2D eigenvalue weighted by atomic mass is 10.1. The number of carbonyl (C=O) groups excluding carboxylic acids is 1. The summed E-state index contributed by atoms with van der Waals surface area (Å²) < 4.78 is 13.5. The summed E-state index contributed by atoms with van der Waals surface area (Å²) in [6.07, 6.45) is 0.349. The fraction of sp³-hybridized carbons (Fsp3) is 0.211. The van der Waals surface area contributed by atoms with Gasteiger partial charge in [-0.05, 0) is 38.1 Å². The number of urea groups is 1. The normalized spacial score (nSPS) is 18.1. The molecule has 0 spiro atoms. The summed E-state index contributed by atoms with van der Waals surface area (Å²) in [5.41, 5.74) is 0.597. The standard InChI is InChI=1S/C19H17Cl2FN4O2S2/c1-19(2)16(26(28)17(27)24-12-7-8-13(20)14(21)9-12)25(18(29)30-19)23-10-11-5-3-4-6-15(11)22/h3-10,16,28H,1-2H3,(H,24,27)/b23-10-/t16-/m1/s1. The first-order valence-electron chi connectivity index (χ1n) is 8.65. The molecule has 30 heavy (non-hydrogen) atoms. The first-order valence-corrected chi connectivity index (χ1v) is 10.6. The first kappa shape index (κ1) is 22.8. The second kappa shape index (κ2) is 9.07. The largest absolute Gasteiger partial charge is 0.347 e. The van der Waals surface area contributed by atoms with Crippen LogP contribution in [0.25, 0.3) is 0 Å². The molecule has 2 aromatic carbocycles. The number of benzene rings is 2. The summed E-state index contributed by atoms with van der Waals surface area (Å²) in [7, 11) is 0. The Morgan fingerprint density at radius 1 is 1.33 bits per heavy atom. The van der Waals surface area contributed by atoms with Gasteiger partial charge >= 0.3 is 6.03 Å². The van der Waals surface area contributed by atoms with Gasteiger partial charge in [-0.2, -0.15) is 10.2 Å². The van der Waals surface area contributed by atoms with Gasteiger partial charge in [-0.1, -0.05) is 65.4 Å². The molecule has 6 nitrogen and oxygen atoms in total. The molecule has 2 aromatic rings. The quantitative estimate of drug-likeness (QED) is 0.246. The minimum atomic E-state index is -0.944. The number of rotatable bonds is 4. The van der Waals surface area contributed by atoms with E-state index in [0.29, 0.717) is 20.1 Å². The van der Waals surface area contributed by atoms with Crippen molar-refractivity contribution in [3.63, 3.8) is 0 Å². The highest BCUT2D eigenvalue weighted by atomic mass is 35.5. The highest BCUT2D eigenvalue weighted by Gasteiger charge is 2.50. The van der Waals surface area contributed by atoms with Crippen LogP contribution in [0.4, 0.5) is 14.9 Å². The number of hydrazone groups is 1. The van der Waals surface area contributed by atoms with Crippen LogP contribution in [0.3, 0.4) is 0 Å². The number of thiocarbonyl (C=S) groups is 1. The molecule has 1 saturated heterocycles. The molecule has 0 saturated carbocycles. The molecular weight excluding hydrogens is 470 g/mol. The van der Waals surface area contributed by atoms with Gasteiger partial charge in [0, 0.05) is 11.3 Å². The molecule has 2 amide bonds. The van der Waals surface area contributed by atoms with Crippen molar-refractivity contribution < 1.29 is 14.4 Å². The fourth-order valence-corrected chi connectivity index (χ4v) is 4.88. The summed E-state index contributed by atoms with van der Waals surface area (Å²) in [5.74, 6) is -0.451. The van der Waals surface area contributed by atoms with Crippen molar-refractivity contribution in [3.05, 3.63) is 63.9 Å². The summed E-state index contributed by atoms with van der Waals surface area (Å²) in [5, 5.41) is 19.9. The predicted octanol–water partition coefficient (Wildman–Crippen LogP) is 5.83. The lowest BCUT2D eigenvalue weighted by Crippen LogP contribution is -2.54. The zero-order valence-electron chi connectivity index (χ0n) is 15.8. The van der Waals surface area contributed by atoms with Crippen molar-refractivity contribution in [1.82, 2.24) is 10.1 Å². The number of hydrogen-bond acceptors (Lipinski definition) is 5. The van der Waals surface area contributed by atoms with E-state index in [0.717, 1.165) is 0 Å². The molecular formula is C19H17Cl2FN4O2S2. The Morgan fingerprint density at radius 2 is 2.03 bits per heavy atom. The van der Waals surface area contributed by atoms with Gasteiger partial charge in [0.1, 0.15) is 5.82 Å². The van der Waals surface area contributed by atoms with Gasteiger partial charge in [0.05, 0.1) is 21.0 Å². The van der Waals surface area contributed by atoms with Crippen molar-refractivity contribution in [2.24, 2.45) is 5.10 Å². The number of hydroxylamine groups is 2. The number of amides is 2. The van der Waals surface area contributed by atoms with Gasteiger partial charge in [-0.3, -0.25) is 5.21 Å². The number of thioether (sulfide) groups is 1. The van der Waals surface area contributed by atoms with E-state index in [2.05, 4.69) is 10.4 Å². The molecule has 1 fully saturated rings. The van der Waals surface area contributed by atoms with Gasteiger partial charge < -0.3 is 5.32 Å². The molecule has 1 aliphatic heterocycles. The second-order valence-corrected chi connectivity index (χ2v) is 9.96. The zero-order valence-corrected chi connectivity index (χ0v) is 19.0. The van der Waals surface area contributed by atoms with E-state index in [-0.39, 0.29) is 10.6 Å². The molecule has 3 rings (SSSR count). The number of nitrogens with zero attached hydrogens (tertiary/aromatic N) is 3. The van der Waals surface area contributed by atoms with Gasteiger partial charge in [-0.15, -0.1) is 0 Å². The number of anilines is 1. The Kier molecular flexibility index (Phi) is 6.88.